The lowest BCUT2D eigenvalue weighted by Crippen LogP contribution is -2.47. The minimum atomic E-state index is -0.673. The van der Waals surface area contributed by atoms with Crippen LogP contribution in [0.5, 0.6) is 0 Å². The second-order valence-corrected chi connectivity index (χ2v) is 7.28. The predicted octanol–water partition coefficient (Wildman–Crippen LogP) is 3.03. The van der Waals surface area contributed by atoms with Gasteiger partial charge in [-0.2, -0.15) is 5.10 Å². The molecular formula is C22H25N5O2. The minimum absolute atomic E-state index is 0.0824. The first-order valence-corrected chi connectivity index (χ1v) is 9.53. The number of pyridine rings is 1. The van der Waals surface area contributed by atoms with Gasteiger partial charge in [-0.25, -0.2) is 4.68 Å². The lowest BCUT2D eigenvalue weighted by atomic mass is 10.0. The van der Waals surface area contributed by atoms with E-state index in [0.717, 1.165) is 11.1 Å². The quantitative estimate of drug-likeness (QED) is 0.648. The molecule has 0 aliphatic rings. The standard InChI is InChI=1S/C22H25N5O2/c1-15(2)20(26-21(28)18-6-4-16(3)5-7-18)22(29)25-19-10-13-24-27(19)14-17-8-11-23-12-9-17/h4-13,15,20H,14H2,1-3H3,(H,25,29)(H,26,28). The fourth-order valence-electron chi connectivity index (χ4n) is 2.89. The van der Waals surface area contributed by atoms with Gasteiger partial charge < -0.3 is 10.6 Å². The van der Waals surface area contributed by atoms with Crippen LogP contribution in [0, 0.1) is 12.8 Å². The number of nitrogens with one attached hydrogen (secondary N) is 2. The molecule has 0 radical (unpaired) electrons. The molecule has 2 heterocycles. The van der Waals surface area contributed by atoms with Gasteiger partial charge >= 0.3 is 0 Å². The highest BCUT2D eigenvalue weighted by Crippen LogP contribution is 2.13. The molecule has 0 saturated heterocycles. The number of amides is 2. The number of rotatable bonds is 7. The van der Waals surface area contributed by atoms with Gasteiger partial charge in [-0.15, -0.1) is 0 Å². The molecule has 29 heavy (non-hydrogen) atoms. The highest BCUT2D eigenvalue weighted by atomic mass is 16.2. The van der Waals surface area contributed by atoms with E-state index >= 15 is 0 Å². The topological polar surface area (TPSA) is 88.9 Å². The van der Waals surface area contributed by atoms with E-state index in [1.54, 1.807) is 41.5 Å². The third-order valence-corrected chi connectivity index (χ3v) is 4.60. The molecule has 3 aromatic rings. The number of carbonyl (C=O) groups is 2. The largest absolute Gasteiger partial charge is 0.340 e. The number of anilines is 1. The molecule has 1 unspecified atom stereocenters. The van der Waals surface area contributed by atoms with Gasteiger partial charge in [0.1, 0.15) is 11.9 Å². The first-order chi connectivity index (χ1) is 13.9. The van der Waals surface area contributed by atoms with E-state index in [0.29, 0.717) is 17.9 Å². The molecule has 0 spiro atoms. The number of aryl methyl sites for hydroxylation is 1. The Hall–Kier alpha value is -3.48. The van der Waals surface area contributed by atoms with Crippen LogP contribution in [0.3, 0.4) is 0 Å². The predicted molar refractivity (Wildman–Crippen MR) is 111 cm³/mol. The van der Waals surface area contributed by atoms with Gasteiger partial charge in [-0.3, -0.25) is 14.6 Å². The zero-order valence-electron chi connectivity index (χ0n) is 16.8. The van der Waals surface area contributed by atoms with Gasteiger partial charge in [-0.1, -0.05) is 31.5 Å². The molecule has 0 aliphatic heterocycles. The van der Waals surface area contributed by atoms with E-state index in [9.17, 15) is 9.59 Å². The number of benzene rings is 1. The second-order valence-electron chi connectivity index (χ2n) is 7.28. The zero-order chi connectivity index (χ0) is 20.8. The maximum atomic E-state index is 12.9. The fourth-order valence-corrected chi connectivity index (χ4v) is 2.89. The molecule has 150 valence electrons. The maximum absolute atomic E-state index is 12.9. The van der Waals surface area contributed by atoms with Crippen molar-refractivity contribution in [3.63, 3.8) is 0 Å². The summed E-state index contributed by atoms with van der Waals surface area (Å²) in [5, 5.41) is 10.0. The summed E-state index contributed by atoms with van der Waals surface area (Å²) in [7, 11) is 0. The Labute approximate surface area is 170 Å². The number of hydrogen-bond donors (Lipinski definition) is 2. The Morgan fingerprint density at radius 3 is 2.34 bits per heavy atom. The molecule has 3 rings (SSSR count). The molecule has 1 atom stereocenters. The number of hydrogen-bond acceptors (Lipinski definition) is 4. The van der Waals surface area contributed by atoms with Crippen LogP contribution in [-0.4, -0.2) is 32.6 Å². The van der Waals surface area contributed by atoms with Crippen LogP contribution in [0.2, 0.25) is 0 Å². The first kappa shape index (κ1) is 20.3. The summed E-state index contributed by atoms with van der Waals surface area (Å²) < 4.78 is 1.70. The summed E-state index contributed by atoms with van der Waals surface area (Å²) in [6, 6.07) is 12.1. The Kier molecular flexibility index (Phi) is 6.39. The smallest absolute Gasteiger partial charge is 0.251 e. The van der Waals surface area contributed by atoms with E-state index in [1.807, 2.05) is 45.0 Å². The Morgan fingerprint density at radius 2 is 1.69 bits per heavy atom. The summed E-state index contributed by atoms with van der Waals surface area (Å²) >= 11 is 0. The van der Waals surface area contributed by atoms with Crippen LogP contribution in [0.15, 0.2) is 61.1 Å². The molecule has 0 aliphatic carbocycles. The average molecular weight is 391 g/mol. The molecule has 0 saturated carbocycles. The summed E-state index contributed by atoms with van der Waals surface area (Å²) in [5.74, 6) is -0.0657. The molecule has 2 aromatic heterocycles. The molecule has 2 N–H and O–H groups in total. The fraction of sp³-hybridized carbons (Fsp3) is 0.273. The zero-order valence-corrected chi connectivity index (χ0v) is 16.8. The molecule has 7 nitrogen and oxygen atoms in total. The normalized spacial score (nSPS) is 11.9. The number of nitrogens with zero attached hydrogens (tertiary/aromatic N) is 3. The van der Waals surface area contributed by atoms with Crippen molar-refractivity contribution in [1.29, 1.82) is 0 Å². The Bertz CT molecular complexity index is 964. The number of carbonyl (C=O) groups excluding carboxylic acids is 2. The van der Waals surface area contributed by atoms with Crippen molar-refractivity contribution >= 4 is 17.6 Å². The van der Waals surface area contributed by atoms with Gasteiger partial charge in [0, 0.05) is 24.0 Å². The summed E-state index contributed by atoms with van der Waals surface area (Å²) in [5.41, 5.74) is 2.62. The van der Waals surface area contributed by atoms with Crippen molar-refractivity contribution in [3.8, 4) is 0 Å². The van der Waals surface area contributed by atoms with Crippen LogP contribution >= 0.6 is 0 Å². The second kappa shape index (κ2) is 9.14. The highest BCUT2D eigenvalue weighted by molar-refractivity contribution is 6.01. The molecule has 0 bridgehead atoms. The van der Waals surface area contributed by atoms with Gasteiger partial charge in [-0.05, 0) is 42.7 Å². The van der Waals surface area contributed by atoms with Crippen molar-refractivity contribution in [2.75, 3.05) is 5.32 Å². The van der Waals surface area contributed by atoms with Crippen LogP contribution in [0.1, 0.15) is 35.3 Å². The van der Waals surface area contributed by atoms with Crippen LogP contribution in [0.25, 0.3) is 0 Å². The van der Waals surface area contributed by atoms with E-state index in [1.165, 1.54) is 0 Å². The summed E-state index contributed by atoms with van der Waals surface area (Å²) in [4.78, 5) is 29.5. The van der Waals surface area contributed by atoms with E-state index in [4.69, 9.17) is 0 Å². The van der Waals surface area contributed by atoms with E-state index < -0.39 is 6.04 Å². The maximum Gasteiger partial charge on any atom is 0.251 e. The van der Waals surface area contributed by atoms with Gasteiger partial charge in [0.25, 0.3) is 5.91 Å². The third-order valence-electron chi connectivity index (χ3n) is 4.60. The van der Waals surface area contributed by atoms with Crippen molar-refractivity contribution in [2.24, 2.45) is 5.92 Å². The van der Waals surface area contributed by atoms with E-state index in [2.05, 4.69) is 20.7 Å². The third kappa shape index (κ3) is 5.28. The highest BCUT2D eigenvalue weighted by Gasteiger charge is 2.25. The molecule has 7 heteroatoms. The van der Waals surface area contributed by atoms with Crippen molar-refractivity contribution in [1.82, 2.24) is 20.1 Å². The summed E-state index contributed by atoms with van der Waals surface area (Å²) in [6.07, 6.45) is 5.06. The van der Waals surface area contributed by atoms with Crippen LogP contribution < -0.4 is 10.6 Å². The van der Waals surface area contributed by atoms with Gasteiger partial charge in [0.15, 0.2) is 0 Å². The van der Waals surface area contributed by atoms with Crippen molar-refractivity contribution < 1.29 is 9.59 Å². The van der Waals surface area contributed by atoms with Crippen LogP contribution in [-0.2, 0) is 11.3 Å². The number of aromatic nitrogens is 3. The van der Waals surface area contributed by atoms with Crippen LogP contribution in [0.4, 0.5) is 5.82 Å². The lowest BCUT2D eigenvalue weighted by molar-refractivity contribution is -0.118. The van der Waals surface area contributed by atoms with Crippen molar-refractivity contribution in [2.45, 2.75) is 33.4 Å². The molecule has 2 amide bonds. The molecule has 0 fully saturated rings. The first-order valence-electron chi connectivity index (χ1n) is 9.53. The molecular weight excluding hydrogens is 366 g/mol. The Balaban J connectivity index is 1.70. The van der Waals surface area contributed by atoms with E-state index in [-0.39, 0.29) is 17.7 Å². The van der Waals surface area contributed by atoms with Crippen molar-refractivity contribution in [3.05, 3.63) is 77.7 Å². The Morgan fingerprint density at radius 1 is 1.00 bits per heavy atom. The molecule has 1 aromatic carbocycles. The monoisotopic (exact) mass is 391 g/mol. The summed E-state index contributed by atoms with van der Waals surface area (Å²) in [6.45, 7) is 6.26. The minimum Gasteiger partial charge on any atom is -0.340 e. The van der Waals surface area contributed by atoms with Gasteiger partial charge in [0.05, 0.1) is 12.7 Å². The lowest BCUT2D eigenvalue weighted by Gasteiger charge is -2.22. The SMILES string of the molecule is Cc1ccc(C(=O)NC(C(=O)Nc2ccnn2Cc2ccncc2)C(C)C)cc1. The van der Waals surface area contributed by atoms with Gasteiger partial charge in [0.2, 0.25) is 5.91 Å². The average Bonchev–Trinajstić information content (AvgIpc) is 3.13.